The average molecular weight is 211 g/mol. The van der Waals surface area contributed by atoms with E-state index in [1.54, 1.807) is 6.26 Å². The molecule has 5 heteroatoms. The summed E-state index contributed by atoms with van der Waals surface area (Å²) in [6, 6.07) is 0.713. The lowest BCUT2D eigenvalue weighted by molar-refractivity contribution is 0.120. The summed E-state index contributed by atoms with van der Waals surface area (Å²) < 4.78 is 10.7. The molecule has 0 unspecified atom stereocenters. The van der Waals surface area contributed by atoms with Crippen LogP contribution in [0.5, 0.6) is 0 Å². The second-order valence-corrected chi connectivity index (χ2v) is 3.61. The summed E-state index contributed by atoms with van der Waals surface area (Å²) in [5.74, 6) is 0. The number of oxazole rings is 1. The smallest absolute Gasteiger partial charge is 0.297 e. The molecule has 1 aromatic rings. The Hall–Kier alpha value is -1.07. The fourth-order valence-corrected chi connectivity index (χ4v) is 1.59. The van der Waals surface area contributed by atoms with Gasteiger partial charge in [0, 0.05) is 13.1 Å². The Morgan fingerprint density at radius 1 is 1.40 bits per heavy atom. The highest BCUT2D eigenvalue weighted by molar-refractivity contribution is 5.27. The molecule has 1 aromatic heterocycles. The number of rotatable bonds is 4. The number of nitrogens with zero attached hydrogens (tertiary/aromatic N) is 2. The minimum atomic E-state index is 0.694. The highest BCUT2D eigenvalue weighted by atomic mass is 16.5. The van der Waals surface area contributed by atoms with Crippen molar-refractivity contribution in [2.24, 2.45) is 5.73 Å². The van der Waals surface area contributed by atoms with Crippen LogP contribution in [0.1, 0.15) is 12.1 Å². The third-order valence-electron chi connectivity index (χ3n) is 2.46. The highest BCUT2D eigenvalue weighted by Gasteiger charge is 2.15. The van der Waals surface area contributed by atoms with Gasteiger partial charge < -0.3 is 19.8 Å². The van der Waals surface area contributed by atoms with Gasteiger partial charge in [0.1, 0.15) is 6.26 Å². The van der Waals surface area contributed by atoms with E-state index in [0.717, 1.165) is 44.8 Å². The van der Waals surface area contributed by atoms with E-state index in [0.29, 0.717) is 12.6 Å². The van der Waals surface area contributed by atoms with Gasteiger partial charge in [-0.3, -0.25) is 0 Å². The van der Waals surface area contributed by atoms with Crippen molar-refractivity contribution in [3.8, 4) is 0 Å². The molecule has 0 amide bonds. The molecule has 1 saturated heterocycles. The second kappa shape index (κ2) is 5.14. The van der Waals surface area contributed by atoms with Gasteiger partial charge in [0.05, 0.1) is 18.9 Å². The van der Waals surface area contributed by atoms with Crippen LogP contribution in [0.3, 0.4) is 0 Å². The van der Waals surface area contributed by atoms with Gasteiger partial charge in [0.25, 0.3) is 6.01 Å². The van der Waals surface area contributed by atoms with Gasteiger partial charge in [-0.1, -0.05) is 0 Å². The normalized spacial score (nSPS) is 17.0. The van der Waals surface area contributed by atoms with Crippen molar-refractivity contribution in [2.45, 2.75) is 12.8 Å². The lowest BCUT2D eigenvalue weighted by Crippen LogP contribution is -2.36. The maximum absolute atomic E-state index is 5.44. The van der Waals surface area contributed by atoms with Crippen LogP contribution in [0, 0.1) is 0 Å². The fraction of sp³-hybridized carbons (Fsp3) is 0.700. The number of nitrogens with two attached hydrogens (primary N) is 1. The van der Waals surface area contributed by atoms with E-state index in [4.69, 9.17) is 14.9 Å². The molecular formula is C10H17N3O2. The number of aryl methyl sites for hydroxylation is 1. The molecule has 1 aliphatic rings. The van der Waals surface area contributed by atoms with Gasteiger partial charge in [-0.15, -0.1) is 0 Å². The predicted octanol–water partition coefficient (Wildman–Crippen LogP) is 0.402. The molecule has 0 spiro atoms. The first kappa shape index (κ1) is 10.4. The largest absolute Gasteiger partial charge is 0.432 e. The van der Waals surface area contributed by atoms with E-state index in [2.05, 4.69) is 9.88 Å². The van der Waals surface area contributed by atoms with Crippen LogP contribution in [0.15, 0.2) is 10.7 Å². The third kappa shape index (κ3) is 2.70. The zero-order valence-corrected chi connectivity index (χ0v) is 8.82. The Morgan fingerprint density at radius 3 is 2.93 bits per heavy atom. The molecule has 2 heterocycles. The van der Waals surface area contributed by atoms with E-state index < -0.39 is 0 Å². The van der Waals surface area contributed by atoms with Crippen molar-refractivity contribution >= 4 is 6.01 Å². The van der Waals surface area contributed by atoms with Gasteiger partial charge in [-0.2, -0.15) is 4.98 Å². The lowest BCUT2D eigenvalue weighted by Gasteiger charge is -2.24. The summed E-state index contributed by atoms with van der Waals surface area (Å²) in [5.41, 5.74) is 6.43. The quantitative estimate of drug-likeness (QED) is 0.781. The summed E-state index contributed by atoms with van der Waals surface area (Å²) in [5, 5.41) is 0. The van der Waals surface area contributed by atoms with Crippen LogP contribution in [0.4, 0.5) is 6.01 Å². The summed E-state index contributed by atoms with van der Waals surface area (Å²) >= 11 is 0. The molecule has 84 valence electrons. The van der Waals surface area contributed by atoms with E-state index in [1.165, 1.54) is 0 Å². The Bertz CT molecular complexity index is 295. The minimum absolute atomic E-state index is 0.694. The van der Waals surface area contributed by atoms with E-state index in [-0.39, 0.29) is 0 Å². The standard InChI is InChI=1S/C10H17N3O2/c11-3-1-2-9-8-15-10(12-9)13-4-6-14-7-5-13/h8H,1-7,11H2. The number of anilines is 1. The van der Waals surface area contributed by atoms with Crippen molar-refractivity contribution in [2.75, 3.05) is 37.7 Å². The van der Waals surface area contributed by atoms with Gasteiger partial charge in [-0.25, -0.2) is 0 Å². The summed E-state index contributed by atoms with van der Waals surface area (Å²) in [6.45, 7) is 3.91. The van der Waals surface area contributed by atoms with Crippen LogP contribution in [-0.2, 0) is 11.2 Å². The Labute approximate surface area is 89.2 Å². The van der Waals surface area contributed by atoms with Crippen LogP contribution in [0.25, 0.3) is 0 Å². The zero-order chi connectivity index (χ0) is 10.5. The van der Waals surface area contributed by atoms with Crippen molar-refractivity contribution in [3.05, 3.63) is 12.0 Å². The van der Waals surface area contributed by atoms with Crippen LogP contribution < -0.4 is 10.6 Å². The zero-order valence-electron chi connectivity index (χ0n) is 8.82. The molecule has 0 bridgehead atoms. The molecule has 0 radical (unpaired) electrons. The first-order valence-electron chi connectivity index (χ1n) is 5.37. The maximum Gasteiger partial charge on any atom is 0.297 e. The first-order chi connectivity index (χ1) is 7.40. The molecule has 5 nitrogen and oxygen atoms in total. The fourth-order valence-electron chi connectivity index (χ4n) is 1.59. The maximum atomic E-state index is 5.44. The number of ether oxygens (including phenoxy) is 1. The summed E-state index contributed by atoms with van der Waals surface area (Å²) in [7, 11) is 0. The Morgan fingerprint density at radius 2 is 2.20 bits per heavy atom. The Kier molecular flexibility index (Phi) is 3.58. The second-order valence-electron chi connectivity index (χ2n) is 3.61. The van der Waals surface area contributed by atoms with Gasteiger partial charge in [0.2, 0.25) is 0 Å². The Balaban J connectivity index is 1.93. The summed E-state index contributed by atoms with van der Waals surface area (Å²) in [6.07, 6.45) is 3.57. The SMILES string of the molecule is NCCCc1coc(N2CCOCC2)n1. The minimum Gasteiger partial charge on any atom is -0.432 e. The molecule has 15 heavy (non-hydrogen) atoms. The van der Waals surface area contributed by atoms with Gasteiger partial charge in [0.15, 0.2) is 0 Å². The molecule has 1 fully saturated rings. The van der Waals surface area contributed by atoms with Crippen molar-refractivity contribution < 1.29 is 9.15 Å². The van der Waals surface area contributed by atoms with Crippen molar-refractivity contribution in [1.82, 2.24) is 4.98 Å². The molecule has 0 aliphatic carbocycles. The molecule has 0 saturated carbocycles. The predicted molar refractivity (Wildman–Crippen MR) is 56.9 cm³/mol. The first-order valence-corrected chi connectivity index (χ1v) is 5.37. The van der Waals surface area contributed by atoms with Crippen LogP contribution in [-0.4, -0.2) is 37.8 Å². The van der Waals surface area contributed by atoms with E-state index in [1.807, 2.05) is 0 Å². The van der Waals surface area contributed by atoms with Gasteiger partial charge >= 0.3 is 0 Å². The molecular weight excluding hydrogens is 194 g/mol. The van der Waals surface area contributed by atoms with Crippen molar-refractivity contribution in [3.63, 3.8) is 0 Å². The monoisotopic (exact) mass is 211 g/mol. The van der Waals surface area contributed by atoms with Crippen molar-refractivity contribution in [1.29, 1.82) is 0 Å². The molecule has 2 rings (SSSR count). The van der Waals surface area contributed by atoms with Crippen LogP contribution >= 0.6 is 0 Å². The lowest BCUT2D eigenvalue weighted by atomic mass is 10.2. The topological polar surface area (TPSA) is 64.5 Å². The number of hydrogen-bond donors (Lipinski definition) is 1. The number of aromatic nitrogens is 1. The molecule has 1 aliphatic heterocycles. The molecule has 0 atom stereocenters. The third-order valence-corrected chi connectivity index (χ3v) is 2.46. The van der Waals surface area contributed by atoms with Gasteiger partial charge in [-0.05, 0) is 19.4 Å². The summed E-state index contributed by atoms with van der Waals surface area (Å²) in [4.78, 5) is 6.53. The number of hydrogen-bond acceptors (Lipinski definition) is 5. The highest BCUT2D eigenvalue weighted by Crippen LogP contribution is 2.15. The van der Waals surface area contributed by atoms with E-state index in [9.17, 15) is 0 Å². The average Bonchev–Trinajstić information content (AvgIpc) is 2.76. The van der Waals surface area contributed by atoms with Crippen LogP contribution in [0.2, 0.25) is 0 Å². The molecule has 2 N–H and O–H groups in total. The van der Waals surface area contributed by atoms with E-state index >= 15 is 0 Å². The molecule has 0 aromatic carbocycles. The number of morpholine rings is 1.